The summed E-state index contributed by atoms with van der Waals surface area (Å²) in [5.74, 6) is 1.22. The highest BCUT2D eigenvalue weighted by atomic mass is 35.5. The smallest absolute Gasteiger partial charge is 0.262 e. The monoisotopic (exact) mass is 419 g/mol. The molecule has 30 heavy (non-hydrogen) atoms. The third-order valence-electron chi connectivity index (χ3n) is 5.05. The summed E-state index contributed by atoms with van der Waals surface area (Å²) in [7, 11) is 0. The van der Waals surface area contributed by atoms with Gasteiger partial charge in [0.15, 0.2) is 6.61 Å². The molecule has 0 radical (unpaired) electrons. The lowest BCUT2D eigenvalue weighted by atomic mass is 10.1. The number of anilines is 1. The van der Waals surface area contributed by atoms with Crippen LogP contribution in [0.25, 0.3) is 22.4 Å². The van der Waals surface area contributed by atoms with E-state index in [-0.39, 0.29) is 12.5 Å². The highest BCUT2D eigenvalue weighted by molar-refractivity contribution is 6.32. The molecule has 6 heteroatoms. The first-order valence-electron chi connectivity index (χ1n) is 9.65. The van der Waals surface area contributed by atoms with Crippen LogP contribution in [0.5, 0.6) is 5.75 Å². The lowest BCUT2D eigenvalue weighted by molar-refractivity contribution is -0.118. The minimum absolute atomic E-state index is 0.0477. The van der Waals surface area contributed by atoms with Crippen LogP contribution >= 0.6 is 11.6 Å². The highest BCUT2D eigenvalue weighted by Crippen LogP contribution is 2.26. The van der Waals surface area contributed by atoms with Gasteiger partial charge in [-0.15, -0.1) is 0 Å². The number of nitrogens with one attached hydrogen (secondary N) is 2. The number of fused-ring (bicyclic) bond motifs is 1. The summed E-state index contributed by atoms with van der Waals surface area (Å²) in [4.78, 5) is 20.1. The molecule has 0 aliphatic heterocycles. The first-order valence-corrected chi connectivity index (χ1v) is 10.0. The Hall–Kier alpha value is -3.31. The number of aromatic nitrogens is 2. The van der Waals surface area contributed by atoms with Crippen molar-refractivity contribution in [1.29, 1.82) is 0 Å². The summed E-state index contributed by atoms with van der Waals surface area (Å²) in [5, 5.41) is 3.54. The van der Waals surface area contributed by atoms with Crippen LogP contribution in [0.15, 0.2) is 54.6 Å². The number of hydrogen-bond donors (Lipinski definition) is 2. The van der Waals surface area contributed by atoms with Gasteiger partial charge in [-0.25, -0.2) is 4.98 Å². The molecule has 1 aromatic heterocycles. The van der Waals surface area contributed by atoms with E-state index in [4.69, 9.17) is 16.3 Å². The number of carbonyl (C=O) groups is 1. The Morgan fingerprint density at radius 3 is 2.50 bits per heavy atom. The number of imidazole rings is 1. The molecular weight excluding hydrogens is 398 g/mol. The van der Waals surface area contributed by atoms with Gasteiger partial charge in [-0.1, -0.05) is 17.7 Å². The second kappa shape index (κ2) is 8.20. The molecule has 0 saturated carbocycles. The van der Waals surface area contributed by atoms with Gasteiger partial charge < -0.3 is 15.0 Å². The number of rotatable bonds is 5. The van der Waals surface area contributed by atoms with Gasteiger partial charge in [0.25, 0.3) is 5.91 Å². The van der Waals surface area contributed by atoms with E-state index in [2.05, 4.69) is 15.3 Å². The summed E-state index contributed by atoms with van der Waals surface area (Å²) >= 11 is 6.19. The van der Waals surface area contributed by atoms with Crippen molar-refractivity contribution in [3.63, 3.8) is 0 Å². The van der Waals surface area contributed by atoms with Crippen molar-refractivity contribution in [3.8, 4) is 17.1 Å². The number of ether oxygens (including phenoxy) is 1. The summed E-state index contributed by atoms with van der Waals surface area (Å²) < 4.78 is 5.58. The number of benzene rings is 3. The third-order valence-corrected chi connectivity index (χ3v) is 5.46. The minimum Gasteiger partial charge on any atom is -0.484 e. The fourth-order valence-corrected chi connectivity index (χ4v) is 3.30. The van der Waals surface area contributed by atoms with E-state index in [0.717, 1.165) is 33.5 Å². The molecule has 4 aromatic rings. The predicted octanol–water partition coefficient (Wildman–Crippen LogP) is 5.83. The molecule has 1 heterocycles. The summed E-state index contributed by atoms with van der Waals surface area (Å²) in [5.41, 5.74) is 6.70. The van der Waals surface area contributed by atoms with Crippen molar-refractivity contribution in [2.75, 3.05) is 11.9 Å². The van der Waals surface area contributed by atoms with Gasteiger partial charge in [0.1, 0.15) is 11.6 Å². The Labute approximate surface area is 180 Å². The van der Waals surface area contributed by atoms with Gasteiger partial charge in [0.2, 0.25) is 0 Å². The summed E-state index contributed by atoms with van der Waals surface area (Å²) in [6.45, 7) is 5.97. The van der Waals surface area contributed by atoms with Gasteiger partial charge in [-0.3, -0.25) is 4.79 Å². The van der Waals surface area contributed by atoms with Crippen molar-refractivity contribution in [2.45, 2.75) is 20.8 Å². The Balaban J connectivity index is 1.40. The van der Waals surface area contributed by atoms with E-state index in [9.17, 15) is 4.79 Å². The molecular formula is C24H22ClN3O2. The van der Waals surface area contributed by atoms with E-state index < -0.39 is 0 Å². The number of carbonyl (C=O) groups excluding carboxylic acids is 1. The molecule has 0 aliphatic rings. The Bertz CT molecular complexity index is 1190. The lowest BCUT2D eigenvalue weighted by Crippen LogP contribution is -2.20. The number of aromatic amines is 1. The van der Waals surface area contributed by atoms with Crippen LogP contribution in [0.4, 0.5) is 5.69 Å². The molecule has 0 spiro atoms. The number of aryl methyl sites for hydroxylation is 3. The van der Waals surface area contributed by atoms with Gasteiger partial charge in [0, 0.05) is 16.3 Å². The summed E-state index contributed by atoms with van der Waals surface area (Å²) in [6.07, 6.45) is 0. The second-order valence-corrected chi connectivity index (χ2v) is 7.77. The fourth-order valence-electron chi connectivity index (χ4n) is 3.14. The maximum atomic E-state index is 12.2. The Morgan fingerprint density at radius 1 is 1.00 bits per heavy atom. The molecule has 5 nitrogen and oxygen atoms in total. The normalized spacial score (nSPS) is 10.9. The first-order chi connectivity index (χ1) is 14.4. The van der Waals surface area contributed by atoms with E-state index in [1.165, 1.54) is 5.56 Å². The van der Waals surface area contributed by atoms with Crippen LogP contribution in [0, 0.1) is 20.8 Å². The molecule has 2 N–H and O–H groups in total. The van der Waals surface area contributed by atoms with Crippen LogP contribution in [-0.4, -0.2) is 22.5 Å². The standard InChI is InChI=1S/C24H22ClN3O2/c1-14-4-9-19(10-15(14)2)30-13-23(29)26-18-7-5-17(6-8-18)24-27-21-11-16(3)20(25)12-22(21)28-24/h4-12H,13H2,1-3H3,(H,26,29)(H,27,28). The molecule has 1 amide bonds. The van der Waals surface area contributed by atoms with Crippen LogP contribution in [0.2, 0.25) is 5.02 Å². The molecule has 0 bridgehead atoms. The van der Waals surface area contributed by atoms with Gasteiger partial charge in [-0.2, -0.15) is 0 Å². The van der Waals surface area contributed by atoms with Crippen molar-refractivity contribution in [2.24, 2.45) is 0 Å². The average Bonchev–Trinajstić information content (AvgIpc) is 3.12. The number of amides is 1. The Kier molecular flexibility index (Phi) is 5.46. The molecule has 0 atom stereocenters. The number of hydrogen-bond acceptors (Lipinski definition) is 3. The topological polar surface area (TPSA) is 67.0 Å². The van der Waals surface area contributed by atoms with Gasteiger partial charge >= 0.3 is 0 Å². The van der Waals surface area contributed by atoms with Gasteiger partial charge in [0.05, 0.1) is 11.0 Å². The molecule has 0 unspecified atom stereocenters. The quantitative estimate of drug-likeness (QED) is 0.428. The van der Waals surface area contributed by atoms with E-state index in [0.29, 0.717) is 16.5 Å². The van der Waals surface area contributed by atoms with Crippen molar-refractivity contribution in [1.82, 2.24) is 9.97 Å². The lowest BCUT2D eigenvalue weighted by Gasteiger charge is -2.09. The zero-order valence-electron chi connectivity index (χ0n) is 17.0. The SMILES string of the molecule is Cc1ccc(OCC(=O)Nc2ccc(-c3nc4cc(Cl)c(C)cc4[nH]3)cc2)cc1C. The van der Waals surface area contributed by atoms with Crippen LogP contribution in [0.1, 0.15) is 16.7 Å². The van der Waals surface area contributed by atoms with E-state index in [1.54, 1.807) is 0 Å². The highest BCUT2D eigenvalue weighted by Gasteiger charge is 2.09. The largest absolute Gasteiger partial charge is 0.484 e. The number of H-pyrrole nitrogens is 1. The maximum Gasteiger partial charge on any atom is 0.262 e. The average molecular weight is 420 g/mol. The number of nitrogens with zero attached hydrogens (tertiary/aromatic N) is 1. The Morgan fingerprint density at radius 2 is 1.77 bits per heavy atom. The van der Waals surface area contributed by atoms with E-state index in [1.807, 2.05) is 75.4 Å². The zero-order chi connectivity index (χ0) is 21.3. The minimum atomic E-state index is -0.213. The molecule has 3 aromatic carbocycles. The van der Waals surface area contributed by atoms with Crippen LogP contribution in [0.3, 0.4) is 0 Å². The molecule has 0 fully saturated rings. The summed E-state index contributed by atoms with van der Waals surface area (Å²) in [6, 6.07) is 17.1. The maximum absolute atomic E-state index is 12.2. The first kappa shape index (κ1) is 20.0. The molecule has 0 saturated heterocycles. The van der Waals surface area contributed by atoms with Gasteiger partial charge in [-0.05, 0) is 86.0 Å². The van der Waals surface area contributed by atoms with Crippen molar-refractivity contribution < 1.29 is 9.53 Å². The third kappa shape index (κ3) is 4.31. The van der Waals surface area contributed by atoms with Crippen LogP contribution in [-0.2, 0) is 4.79 Å². The molecule has 4 rings (SSSR count). The fraction of sp³-hybridized carbons (Fsp3) is 0.167. The molecule has 152 valence electrons. The van der Waals surface area contributed by atoms with Crippen molar-refractivity contribution in [3.05, 3.63) is 76.3 Å². The van der Waals surface area contributed by atoms with E-state index >= 15 is 0 Å². The van der Waals surface area contributed by atoms with Crippen molar-refractivity contribution >= 4 is 34.2 Å². The zero-order valence-corrected chi connectivity index (χ0v) is 17.8. The number of halogens is 1. The van der Waals surface area contributed by atoms with Crippen LogP contribution < -0.4 is 10.1 Å². The second-order valence-electron chi connectivity index (χ2n) is 7.36. The molecule has 0 aliphatic carbocycles. The predicted molar refractivity (Wildman–Crippen MR) is 121 cm³/mol.